The molecule has 3 rings (SSSR count). The van der Waals surface area contributed by atoms with E-state index in [9.17, 15) is 0 Å². The zero-order valence-electron chi connectivity index (χ0n) is 18.0. The van der Waals surface area contributed by atoms with Crippen molar-refractivity contribution >= 4 is 5.96 Å². The van der Waals surface area contributed by atoms with E-state index in [1.165, 1.54) is 58.0 Å². The van der Waals surface area contributed by atoms with E-state index in [0.29, 0.717) is 6.10 Å². The van der Waals surface area contributed by atoms with Crippen molar-refractivity contribution in [1.82, 2.24) is 15.5 Å². The Hall–Kier alpha value is -0.850. The maximum atomic E-state index is 6.04. The van der Waals surface area contributed by atoms with Crippen LogP contribution >= 0.6 is 0 Å². The monoisotopic (exact) mass is 394 g/mol. The predicted molar refractivity (Wildman–Crippen MR) is 115 cm³/mol. The molecule has 1 saturated carbocycles. The number of ether oxygens (including phenoxy) is 2. The van der Waals surface area contributed by atoms with Crippen LogP contribution in [0.5, 0.6) is 0 Å². The van der Waals surface area contributed by atoms with Crippen LogP contribution in [0.2, 0.25) is 0 Å². The molecule has 6 nitrogen and oxygen atoms in total. The lowest BCUT2D eigenvalue weighted by Gasteiger charge is -2.43. The van der Waals surface area contributed by atoms with Crippen molar-refractivity contribution in [3.8, 4) is 0 Å². The van der Waals surface area contributed by atoms with Crippen LogP contribution in [-0.2, 0) is 9.47 Å². The first-order valence-corrected chi connectivity index (χ1v) is 11.8. The molecule has 0 bridgehead atoms. The van der Waals surface area contributed by atoms with Crippen LogP contribution in [0.15, 0.2) is 4.99 Å². The summed E-state index contributed by atoms with van der Waals surface area (Å²) in [4.78, 5) is 7.68. The van der Waals surface area contributed by atoms with Crippen LogP contribution in [0, 0.1) is 0 Å². The SMILES string of the molecule is CCNC(=NCC1(N2CCCC2)CCOCC1)NCCCOC1CCCCC1. The third kappa shape index (κ3) is 6.60. The molecule has 162 valence electrons. The second kappa shape index (κ2) is 12.0. The summed E-state index contributed by atoms with van der Waals surface area (Å²) in [6, 6.07) is 0. The van der Waals surface area contributed by atoms with Gasteiger partial charge in [-0.2, -0.15) is 0 Å². The maximum Gasteiger partial charge on any atom is 0.191 e. The van der Waals surface area contributed by atoms with Crippen molar-refractivity contribution in [2.24, 2.45) is 4.99 Å². The minimum Gasteiger partial charge on any atom is -0.381 e. The zero-order chi connectivity index (χ0) is 19.5. The van der Waals surface area contributed by atoms with Crippen molar-refractivity contribution in [1.29, 1.82) is 0 Å². The lowest BCUT2D eigenvalue weighted by atomic mass is 9.88. The molecule has 2 aliphatic heterocycles. The molecule has 6 heteroatoms. The third-order valence-corrected chi connectivity index (χ3v) is 6.60. The number of guanidine groups is 1. The Morgan fingerprint density at radius 2 is 1.82 bits per heavy atom. The molecule has 0 spiro atoms. The van der Waals surface area contributed by atoms with Crippen LogP contribution in [0.3, 0.4) is 0 Å². The minimum atomic E-state index is 0.196. The predicted octanol–water partition coefficient (Wildman–Crippen LogP) is 2.93. The molecular formula is C22H42N4O2. The number of rotatable bonds is 9. The molecule has 0 unspecified atom stereocenters. The van der Waals surface area contributed by atoms with E-state index in [-0.39, 0.29) is 5.54 Å². The van der Waals surface area contributed by atoms with E-state index in [1.807, 2.05) is 0 Å². The van der Waals surface area contributed by atoms with Crippen LogP contribution in [-0.4, -0.2) is 75.0 Å². The molecule has 0 atom stereocenters. The van der Waals surface area contributed by atoms with Gasteiger partial charge >= 0.3 is 0 Å². The van der Waals surface area contributed by atoms with Crippen LogP contribution < -0.4 is 10.6 Å². The highest BCUT2D eigenvalue weighted by Gasteiger charge is 2.39. The molecule has 2 N–H and O–H groups in total. The van der Waals surface area contributed by atoms with Gasteiger partial charge in [0, 0.05) is 38.4 Å². The highest BCUT2D eigenvalue weighted by Crippen LogP contribution is 2.31. The summed E-state index contributed by atoms with van der Waals surface area (Å²) >= 11 is 0. The number of hydrogen-bond acceptors (Lipinski definition) is 4. The molecule has 1 aliphatic carbocycles. The second-order valence-electron chi connectivity index (χ2n) is 8.64. The molecular weight excluding hydrogens is 352 g/mol. The lowest BCUT2D eigenvalue weighted by Crippen LogP contribution is -2.54. The molecule has 0 radical (unpaired) electrons. The van der Waals surface area contributed by atoms with Crippen molar-refractivity contribution in [3.05, 3.63) is 0 Å². The second-order valence-corrected chi connectivity index (χ2v) is 8.64. The maximum absolute atomic E-state index is 6.04. The molecule has 0 aromatic rings. The van der Waals surface area contributed by atoms with Gasteiger partial charge in [0.1, 0.15) is 0 Å². The Kier molecular flexibility index (Phi) is 9.35. The van der Waals surface area contributed by atoms with Gasteiger partial charge in [-0.05, 0) is 65.0 Å². The molecule has 2 heterocycles. The Labute approximate surface area is 171 Å². The van der Waals surface area contributed by atoms with Gasteiger partial charge in [-0.25, -0.2) is 0 Å². The Morgan fingerprint density at radius 1 is 1.07 bits per heavy atom. The lowest BCUT2D eigenvalue weighted by molar-refractivity contribution is -0.0139. The summed E-state index contributed by atoms with van der Waals surface area (Å²) in [7, 11) is 0. The first-order valence-electron chi connectivity index (χ1n) is 11.8. The smallest absolute Gasteiger partial charge is 0.191 e. The van der Waals surface area contributed by atoms with Gasteiger partial charge < -0.3 is 20.1 Å². The van der Waals surface area contributed by atoms with E-state index < -0.39 is 0 Å². The molecule has 28 heavy (non-hydrogen) atoms. The Balaban J connectivity index is 1.44. The zero-order valence-corrected chi connectivity index (χ0v) is 18.0. The molecule has 0 amide bonds. The number of aliphatic imine (C=N–C) groups is 1. The van der Waals surface area contributed by atoms with E-state index >= 15 is 0 Å². The largest absolute Gasteiger partial charge is 0.381 e. The van der Waals surface area contributed by atoms with Gasteiger partial charge in [-0.1, -0.05) is 19.3 Å². The van der Waals surface area contributed by atoms with Gasteiger partial charge in [-0.15, -0.1) is 0 Å². The molecule has 3 fully saturated rings. The number of nitrogens with zero attached hydrogens (tertiary/aromatic N) is 2. The summed E-state index contributed by atoms with van der Waals surface area (Å²) in [6.45, 7) is 9.84. The number of nitrogens with one attached hydrogen (secondary N) is 2. The van der Waals surface area contributed by atoms with Crippen LogP contribution in [0.25, 0.3) is 0 Å². The standard InChI is InChI=1S/C22H42N4O2/c1-2-23-21(24-13-8-16-28-20-9-4-3-5-10-20)25-19-22(11-17-27-18-12-22)26-14-6-7-15-26/h20H,2-19H2,1H3,(H2,23,24,25). The molecule has 2 saturated heterocycles. The molecule has 0 aromatic heterocycles. The Bertz CT molecular complexity index is 453. The average molecular weight is 395 g/mol. The van der Waals surface area contributed by atoms with Crippen LogP contribution in [0.4, 0.5) is 0 Å². The number of likely N-dealkylation sites (tertiary alicyclic amines) is 1. The fraction of sp³-hybridized carbons (Fsp3) is 0.955. The van der Waals surface area contributed by atoms with Gasteiger partial charge in [0.2, 0.25) is 0 Å². The first-order chi connectivity index (χ1) is 13.8. The summed E-state index contributed by atoms with van der Waals surface area (Å²) in [5, 5.41) is 6.93. The topological polar surface area (TPSA) is 58.1 Å². The molecule has 3 aliphatic rings. The van der Waals surface area contributed by atoms with E-state index in [4.69, 9.17) is 14.5 Å². The fourth-order valence-electron chi connectivity index (χ4n) is 4.85. The summed E-state index contributed by atoms with van der Waals surface area (Å²) in [5.74, 6) is 0.949. The van der Waals surface area contributed by atoms with E-state index in [1.54, 1.807) is 0 Å². The summed E-state index contributed by atoms with van der Waals surface area (Å²) in [5.41, 5.74) is 0.196. The van der Waals surface area contributed by atoms with Crippen molar-refractivity contribution in [2.45, 2.75) is 82.8 Å². The highest BCUT2D eigenvalue weighted by molar-refractivity contribution is 5.79. The Morgan fingerprint density at radius 3 is 2.54 bits per heavy atom. The average Bonchev–Trinajstić information content (AvgIpc) is 3.29. The quantitative estimate of drug-likeness (QED) is 0.358. The van der Waals surface area contributed by atoms with Crippen LogP contribution in [0.1, 0.15) is 71.1 Å². The van der Waals surface area contributed by atoms with Crippen molar-refractivity contribution < 1.29 is 9.47 Å². The third-order valence-electron chi connectivity index (χ3n) is 6.60. The van der Waals surface area contributed by atoms with Gasteiger partial charge in [0.05, 0.1) is 12.6 Å². The van der Waals surface area contributed by atoms with Crippen molar-refractivity contribution in [2.75, 3.05) is 52.5 Å². The fourth-order valence-corrected chi connectivity index (χ4v) is 4.85. The summed E-state index contributed by atoms with van der Waals surface area (Å²) in [6.07, 6.45) is 13.0. The highest BCUT2D eigenvalue weighted by atomic mass is 16.5. The van der Waals surface area contributed by atoms with Gasteiger partial charge in [-0.3, -0.25) is 9.89 Å². The number of hydrogen-bond donors (Lipinski definition) is 2. The minimum absolute atomic E-state index is 0.196. The van der Waals surface area contributed by atoms with Gasteiger partial charge in [0.25, 0.3) is 0 Å². The normalized spacial score (nSPS) is 24.4. The van der Waals surface area contributed by atoms with E-state index in [2.05, 4.69) is 22.5 Å². The van der Waals surface area contributed by atoms with E-state index in [0.717, 1.165) is 64.7 Å². The molecule has 0 aromatic carbocycles. The van der Waals surface area contributed by atoms with Crippen molar-refractivity contribution in [3.63, 3.8) is 0 Å². The summed E-state index contributed by atoms with van der Waals surface area (Å²) < 4.78 is 11.7. The first kappa shape index (κ1) is 21.8. The van der Waals surface area contributed by atoms with Gasteiger partial charge in [0.15, 0.2) is 5.96 Å².